The molecule has 0 aliphatic heterocycles. The summed E-state index contributed by atoms with van der Waals surface area (Å²) in [4.78, 5) is 14.6. The van der Waals surface area contributed by atoms with Crippen LogP contribution in [0.4, 0.5) is 0 Å². The van der Waals surface area contributed by atoms with Gasteiger partial charge in [-0.25, -0.2) is 13.2 Å². The Morgan fingerprint density at radius 1 is 1.40 bits per heavy atom. The lowest BCUT2D eigenvalue weighted by Crippen LogP contribution is -2.32. The van der Waals surface area contributed by atoms with Crippen LogP contribution in [0, 0.1) is 0 Å². The van der Waals surface area contributed by atoms with Crippen molar-refractivity contribution >= 4 is 31.8 Å². The molecular weight excluding hydrogens is 346 g/mol. The van der Waals surface area contributed by atoms with Gasteiger partial charge in [0.25, 0.3) is 0 Å². The number of isocyanates is 1. The highest BCUT2D eigenvalue weighted by atomic mass is 79.9. The number of sulfone groups is 1. The van der Waals surface area contributed by atoms with Gasteiger partial charge in [-0.2, -0.15) is 4.99 Å². The molecule has 0 aromatic heterocycles. The van der Waals surface area contributed by atoms with E-state index in [-0.39, 0.29) is 10.6 Å². The molecule has 0 spiro atoms. The Bertz CT molecular complexity index is 689. The lowest BCUT2D eigenvalue weighted by atomic mass is 9.72. The standard InChI is InChI=1S/C13H14BrNO4S/c1-19-12-10(14)6-9(7-11(12)20(2,17)18)13(15-8-16)4-3-5-13/h6-7H,3-5H2,1-2H3. The van der Waals surface area contributed by atoms with E-state index in [9.17, 15) is 13.2 Å². The number of carbonyl (C=O) groups excluding carboxylic acids is 1. The van der Waals surface area contributed by atoms with E-state index in [1.807, 2.05) is 0 Å². The van der Waals surface area contributed by atoms with Crippen LogP contribution in [0.2, 0.25) is 0 Å². The number of hydrogen-bond donors (Lipinski definition) is 0. The van der Waals surface area contributed by atoms with Crippen molar-refractivity contribution in [2.24, 2.45) is 4.99 Å². The maximum atomic E-state index is 11.9. The summed E-state index contributed by atoms with van der Waals surface area (Å²) in [6.45, 7) is 0. The third kappa shape index (κ3) is 2.53. The molecule has 1 saturated carbocycles. The van der Waals surface area contributed by atoms with Crippen LogP contribution in [0.15, 0.2) is 26.5 Å². The van der Waals surface area contributed by atoms with E-state index in [0.717, 1.165) is 12.7 Å². The van der Waals surface area contributed by atoms with Gasteiger partial charge in [0.1, 0.15) is 4.90 Å². The van der Waals surface area contributed by atoms with Crippen molar-refractivity contribution in [3.63, 3.8) is 0 Å². The molecular formula is C13H14BrNO4S. The number of methoxy groups -OCH3 is 1. The van der Waals surface area contributed by atoms with Gasteiger partial charge in [0, 0.05) is 6.26 Å². The highest BCUT2D eigenvalue weighted by Gasteiger charge is 2.40. The molecule has 0 unspecified atom stereocenters. The van der Waals surface area contributed by atoms with Gasteiger partial charge in [0.15, 0.2) is 15.6 Å². The van der Waals surface area contributed by atoms with E-state index in [2.05, 4.69) is 20.9 Å². The minimum Gasteiger partial charge on any atom is -0.494 e. The number of aliphatic imine (C=N–C) groups is 1. The number of ether oxygens (including phenoxy) is 1. The van der Waals surface area contributed by atoms with E-state index in [1.54, 1.807) is 18.2 Å². The van der Waals surface area contributed by atoms with Gasteiger partial charge in [0.05, 0.1) is 17.1 Å². The summed E-state index contributed by atoms with van der Waals surface area (Å²) in [6, 6.07) is 3.30. The molecule has 0 radical (unpaired) electrons. The van der Waals surface area contributed by atoms with Gasteiger partial charge in [-0.1, -0.05) is 0 Å². The van der Waals surface area contributed by atoms with Crippen molar-refractivity contribution in [1.29, 1.82) is 0 Å². The van der Waals surface area contributed by atoms with Crippen molar-refractivity contribution in [1.82, 2.24) is 0 Å². The van der Waals surface area contributed by atoms with Crippen molar-refractivity contribution in [2.45, 2.75) is 29.7 Å². The molecule has 5 nitrogen and oxygen atoms in total. The van der Waals surface area contributed by atoms with Gasteiger partial charge in [-0.05, 0) is 52.9 Å². The van der Waals surface area contributed by atoms with E-state index in [1.165, 1.54) is 7.11 Å². The Morgan fingerprint density at radius 3 is 2.45 bits per heavy atom. The summed E-state index contributed by atoms with van der Waals surface area (Å²) >= 11 is 3.32. The number of benzene rings is 1. The Hall–Kier alpha value is -1.17. The van der Waals surface area contributed by atoms with Crippen LogP contribution in [0.5, 0.6) is 5.75 Å². The predicted octanol–water partition coefficient (Wildman–Crippen LogP) is 2.58. The molecule has 1 aromatic carbocycles. The highest BCUT2D eigenvalue weighted by Crippen LogP contribution is 2.47. The number of hydrogen-bond acceptors (Lipinski definition) is 5. The molecule has 2 rings (SSSR count). The van der Waals surface area contributed by atoms with Gasteiger partial charge in [0.2, 0.25) is 6.08 Å². The van der Waals surface area contributed by atoms with Crippen LogP contribution in [0.25, 0.3) is 0 Å². The smallest absolute Gasteiger partial charge is 0.235 e. The summed E-state index contributed by atoms with van der Waals surface area (Å²) in [5.74, 6) is 0.265. The minimum absolute atomic E-state index is 0.0942. The number of nitrogens with zero attached hydrogens (tertiary/aromatic N) is 1. The maximum Gasteiger partial charge on any atom is 0.235 e. The molecule has 1 aliphatic rings. The molecule has 0 heterocycles. The van der Waals surface area contributed by atoms with Crippen molar-refractivity contribution < 1.29 is 17.9 Å². The molecule has 108 valence electrons. The Labute approximate surface area is 126 Å². The zero-order valence-corrected chi connectivity index (χ0v) is 13.5. The normalized spacial score (nSPS) is 16.9. The fraction of sp³-hybridized carbons (Fsp3) is 0.462. The lowest BCUT2D eigenvalue weighted by Gasteiger charge is -2.37. The zero-order valence-electron chi connectivity index (χ0n) is 11.1. The molecule has 1 fully saturated rings. The van der Waals surface area contributed by atoms with Gasteiger partial charge >= 0.3 is 0 Å². The number of halogens is 1. The van der Waals surface area contributed by atoms with E-state index in [4.69, 9.17) is 4.74 Å². The summed E-state index contributed by atoms with van der Waals surface area (Å²) in [5, 5.41) is 0. The van der Waals surface area contributed by atoms with Crippen LogP contribution in [0.3, 0.4) is 0 Å². The maximum absolute atomic E-state index is 11.9. The molecule has 7 heteroatoms. The monoisotopic (exact) mass is 359 g/mol. The van der Waals surface area contributed by atoms with Crippen molar-refractivity contribution in [3.05, 3.63) is 22.2 Å². The zero-order chi connectivity index (χ0) is 15.0. The Kier molecular flexibility index (Phi) is 4.04. The number of rotatable bonds is 4. The molecule has 1 aromatic rings. The molecule has 0 atom stereocenters. The summed E-state index contributed by atoms with van der Waals surface area (Å²) in [6.07, 6.45) is 5.09. The van der Waals surface area contributed by atoms with Crippen LogP contribution in [-0.2, 0) is 20.2 Å². The fourth-order valence-corrected chi connectivity index (χ4v) is 4.00. The molecule has 0 bridgehead atoms. The predicted molar refractivity (Wildman–Crippen MR) is 77.5 cm³/mol. The molecule has 0 amide bonds. The third-order valence-electron chi connectivity index (χ3n) is 3.59. The van der Waals surface area contributed by atoms with Crippen molar-refractivity contribution in [3.8, 4) is 5.75 Å². The van der Waals surface area contributed by atoms with Crippen LogP contribution < -0.4 is 4.74 Å². The molecule has 1 aliphatic carbocycles. The second-order valence-electron chi connectivity index (χ2n) is 4.85. The quantitative estimate of drug-likeness (QED) is 0.611. The highest BCUT2D eigenvalue weighted by molar-refractivity contribution is 9.10. The first-order valence-corrected chi connectivity index (χ1v) is 8.69. The second kappa shape index (κ2) is 5.31. The van der Waals surface area contributed by atoms with Crippen LogP contribution in [-0.4, -0.2) is 27.9 Å². The fourth-order valence-electron chi connectivity index (χ4n) is 2.37. The van der Waals surface area contributed by atoms with Crippen LogP contribution in [0.1, 0.15) is 24.8 Å². The summed E-state index contributed by atoms with van der Waals surface area (Å²) < 4.78 is 29.5. The summed E-state index contributed by atoms with van der Waals surface area (Å²) in [7, 11) is -2.03. The van der Waals surface area contributed by atoms with Gasteiger partial charge < -0.3 is 4.74 Å². The van der Waals surface area contributed by atoms with E-state index in [0.29, 0.717) is 22.9 Å². The SMILES string of the molecule is COc1c(Br)cc(C2(N=C=O)CCC2)cc1S(C)(=O)=O. The Balaban J connectivity index is 2.69. The minimum atomic E-state index is -3.45. The second-order valence-corrected chi connectivity index (χ2v) is 7.69. The van der Waals surface area contributed by atoms with Gasteiger partial charge in [-0.15, -0.1) is 0 Å². The van der Waals surface area contributed by atoms with E-state index < -0.39 is 15.4 Å². The topological polar surface area (TPSA) is 72.8 Å². The molecule has 0 saturated heterocycles. The average Bonchev–Trinajstić information content (AvgIpc) is 2.31. The first kappa shape index (κ1) is 15.2. The average molecular weight is 360 g/mol. The Morgan fingerprint density at radius 2 is 2.05 bits per heavy atom. The largest absolute Gasteiger partial charge is 0.494 e. The first-order valence-electron chi connectivity index (χ1n) is 6.01. The van der Waals surface area contributed by atoms with E-state index >= 15 is 0 Å². The molecule has 20 heavy (non-hydrogen) atoms. The molecule has 0 N–H and O–H groups in total. The lowest BCUT2D eigenvalue weighted by molar-refractivity contribution is 0.255. The first-order chi connectivity index (χ1) is 9.34. The van der Waals surface area contributed by atoms with Crippen LogP contribution >= 0.6 is 15.9 Å². The summed E-state index contributed by atoms with van der Waals surface area (Å²) in [5.41, 5.74) is 0.0518. The van der Waals surface area contributed by atoms with Crippen molar-refractivity contribution in [2.75, 3.05) is 13.4 Å². The third-order valence-corrected chi connectivity index (χ3v) is 5.28. The van der Waals surface area contributed by atoms with Gasteiger partial charge in [-0.3, -0.25) is 0 Å².